The van der Waals surface area contributed by atoms with E-state index in [9.17, 15) is 4.39 Å². The third-order valence-corrected chi connectivity index (χ3v) is 7.06. The molecular weight excluding hydrogens is 359 g/mol. The van der Waals surface area contributed by atoms with Gasteiger partial charge < -0.3 is 0 Å². The summed E-state index contributed by atoms with van der Waals surface area (Å²) >= 11 is 6.38. The fourth-order valence-electron chi connectivity index (χ4n) is 5.45. The van der Waals surface area contributed by atoms with E-state index < -0.39 is 0 Å². The van der Waals surface area contributed by atoms with Gasteiger partial charge in [0.15, 0.2) is 0 Å². The van der Waals surface area contributed by atoms with Gasteiger partial charge in [0.2, 0.25) is 0 Å². The van der Waals surface area contributed by atoms with Gasteiger partial charge in [-0.3, -0.25) is 9.80 Å². The SMILES string of the molecule is Fc1ccc([C@H]2C[C@H](N3CCN4CCCCC4C3)c3cc(Cl)ccc32)cc1. The lowest BCUT2D eigenvalue weighted by Gasteiger charge is -2.46. The number of fused-ring (bicyclic) bond motifs is 2. The molecule has 3 atom stereocenters. The highest BCUT2D eigenvalue weighted by Gasteiger charge is 2.39. The molecular formula is C23H26ClFN2. The van der Waals surface area contributed by atoms with E-state index >= 15 is 0 Å². The summed E-state index contributed by atoms with van der Waals surface area (Å²) in [6, 6.07) is 14.5. The van der Waals surface area contributed by atoms with Crippen molar-refractivity contribution in [2.75, 3.05) is 26.2 Å². The molecule has 2 fully saturated rings. The van der Waals surface area contributed by atoms with E-state index in [4.69, 9.17) is 11.6 Å². The van der Waals surface area contributed by atoms with Crippen LogP contribution < -0.4 is 0 Å². The molecule has 0 saturated carbocycles. The average molecular weight is 385 g/mol. The summed E-state index contributed by atoms with van der Waals surface area (Å²) in [6.45, 7) is 4.73. The molecule has 0 N–H and O–H groups in total. The zero-order valence-corrected chi connectivity index (χ0v) is 16.3. The predicted molar refractivity (Wildman–Crippen MR) is 108 cm³/mol. The zero-order valence-electron chi connectivity index (χ0n) is 15.6. The van der Waals surface area contributed by atoms with Gasteiger partial charge in [-0.2, -0.15) is 0 Å². The molecule has 0 amide bonds. The Morgan fingerprint density at radius 3 is 2.56 bits per heavy atom. The molecule has 2 heterocycles. The van der Waals surface area contributed by atoms with Crippen LogP contribution in [-0.4, -0.2) is 42.0 Å². The number of benzene rings is 2. The second-order valence-electron chi connectivity index (χ2n) is 8.31. The van der Waals surface area contributed by atoms with Crippen molar-refractivity contribution in [3.8, 4) is 0 Å². The molecule has 3 aliphatic rings. The quantitative estimate of drug-likeness (QED) is 0.699. The molecule has 0 spiro atoms. The minimum atomic E-state index is -0.168. The lowest BCUT2D eigenvalue weighted by Crippen LogP contribution is -2.55. The maximum Gasteiger partial charge on any atom is 0.123 e. The Labute approximate surface area is 165 Å². The summed E-state index contributed by atoms with van der Waals surface area (Å²) in [4.78, 5) is 5.37. The number of hydrogen-bond acceptors (Lipinski definition) is 2. The first-order valence-corrected chi connectivity index (χ1v) is 10.6. The first kappa shape index (κ1) is 17.7. The number of nitrogens with zero attached hydrogens (tertiary/aromatic N) is 2. The van der Waals surface area contributed by atoms with Crippen LogP contribution in [0.25, 0.3) is 0 Å². The summed E-state index contributed by atoms with van der Waals surface area (Å²) < 4.78 is 13.4. The Morgan fingerprint density at radius 1 is 0.889 bits per heavy atom. The van der Waals surface area contributed by atoms with E-state index in [-0.39, 0.29) is 5.82 Å². The Bertz CT molecular complexity index is 822. The molecule has 1 aliphatic carbocycles. The predicted octanol–water partition coefficient (Wildman–Crippen LogP) is 5.23. The minimum Gasteiger partial charge on any atom is -0.298 e. The maximum atomic E-state index is 13.4. The third-order valence-electron chi connectivity index (χ3n) is 6.82. The van der Waals surface area contributed by atoms with E-state index in [0.29, 0.717) is 18.0 Å². The summed E-state index contributed by atoms with van der Waals surface area (Å²) in [5, 5.41) is 0.815. The van der Waals surface area contributed by atoms with Crippen molar-refractivity contribution in [2.24, 2.45) is 0 Å². The molecule has 2 nitrogen and oxygen atoms in total. The normalized spacial score (nSPS) is 28.7. The first-order valence-electron chi connectivity index (χ1n) is 10.2. The highest BCUT2D eigenvalue weighted by atomic mass is 35.5. The zero-order chi connectivity index (χ0) is 18.4. The minimum absolute atomic E-state index is 0.168. The molecule has 0 aromatic heterocycles. The molecule has 2 saturated heterocycles. The van der Waals surface area contributed by atoms with Crippen molar-refractivity contribution in [1.29, 1.82) is 0 Å². The summed E-state index contributed by atoms with van der Waals surface area (Å²) in [5.41, 5.74) is 3.95. The molecule has 1 unspecified atom stereocenters. The maximum absolute atomic E-state index is 13.4. The fourth-order valence-corrected chi connectivity index (χ4v) is 5.63. The van der Waals surface area contributed by atoms with Crippen LogP contribution in [0.4, 0.5) is 4.39 Å². The van der Waals surface area contributed by atoms with Crippen LogP contribution in [0.5, 0.6) is 0 Å². The lowest BCUT2D eigenvalue weighted by atomic mass is 9.93. The van der Waals surface area contributed by atoms with Crippen LogP contribution in [0.15, 0.2) is 42.5 Å². The van der Waals surface area contributed by atoms with Crippen molar-refractivity contribution < 1.29 is 4.39 Å². The van der Waals surface area contributed by atoms with Gasteiger partial charge in [-0.1, -0.05) is 36.2 Å². The second kappa shape index (κ2) is 7.20. The van der Waals surface area contributed by atoms with Crippen LogP contribution >= 0.6 is 11.6 Å². The van der Waals surface area contributed by atoms with Crippen LogP contribution in [-0.2, 0) is 0 Å². The smallest absolute Gasteiger partial charge is 0.123 e. The molecule has 4 heteroatoms. The number of halogens is 2. The molecule has 0 radical (unpaired) electrons. The van der Waals surface area contributed by atoms with Gasteiger partial charge in [-0.15, -0.1) is 0 Å². The van der Waals surface area contributed by atoms with Gasteiger partial charge in [-0.05, 0) is 66.8 Å². The Kier molecular flexibility index (Phi) is 4.71. The second-order valence-corrected chi connectivity index (χ2v) is 8.75. The topological polar surface area (TPSA) is 6.48 Å². The number of piperidine rings is 1. The Morgan fingerprint density at radius 2 is 1.70 bits per heavy atom. The monoisotopic (exact) mass is 384 g/mol. The van der Waals surface area contributed by atoms with E-state index in [2.05, 4.69) is 21.9 Å². The highest BCUT2D eigenvalue weighted by molar-refractivity contribution is 6.30. The Balaban J connectivity index is 1.45. The molecule has 27 heavy (non-hydrogen) atoms. The average Bonchev–Trinajstić information content (AvgIpc) is 3.07. The van der Waals surface area contributed by atoms with Crippen molar-refractivity contribution in [2.45, 2.75) is 43.7 Å². The van der Waals surface area contributed by atoms with Crippen molar-refractivity contribution in [1.82, 2.24) is 9.80 Å². The summed E-state index contributed by atoms with van der Waals surface area (Å²) in [7, 11) is 0. The van der Waals surface area contributed by atoms with Crippen LogP contribution in [0, 0.1) is 5.82 Å². The van der Waals surface area contributed by atoms with E-state index in [1.807, 2.05) is 18.2 Å². The molecule has 2 aromatic carbocycles. The van der Waals surface area contributed by atoms with Crippen molar-refractivity contribution in [3.05, 3.63) is 70.0 Å². The molecule has 2 aromatic rings. The van der Waals surface area contributed by atoms with Gasteiger partial charge in [0.1, 0.15) is 5.82 Å². The van der Waals surface area contributed by atoms with Gasteiger partial charge in [0.05, 0.1) is 0 Å². The number of hydrogen-bond donors (Lipinski definition) is 0. The van der Waals surface area contributed by atoms with E-state index in [1.54, 1.807) is 12.1 Å². The molecule has 0 bridgehead atoms. The molecule has 2 aliphatic heterocycles. The summed E-state index contributed by atoms with van der Waals surface area (Å²) in [6.07, 6.45) is 5.10. The van der Waals surface area contributed by atoms with Crippen molar-refractivity contribution >= 4 is 11.6 Å². The largest absolute Gasteiger partial charge is 0.298 e. The Hall–Kier alpha value is -1.42. The first-order chi connectivity index (χ1) is 13.2. The molecule has 5 rings (SSSR count). The number of rotatable bonds is 2. The standard InChI is InChI=1S/C23H26ClFN2/c24-17-6-9-20-21(16-4-7-18(25)8-5-16)14-23(22(20)13-17)27-12-11-26-10-2-1-3-19(26)15-27/h4-9,13,19,21,23H,1-3,10-12,14-15H2/t19?,21-,23+/m1/s1. The highest BCUT2D eigenvalue weighted by Crippen LogP contribution is 2.48. The molecule has 142 valence electrons. The summed E-state index contributed by atoms with van der Waals surface area (Å²) in [5.74, 6) is 0.158. The van der Waals surface area contributed by atoms with Gasteiger partial charge >= 0.3 is 0 Å². The van der Waals surface area contributed by atoms with Crippen LogP contribution in [0.1, 0.15) is 54.3 Å². The fraction of sp³-hybridized carbons (Fsp3) is 0.478. The number of piperazine rings is 1. The van der Waals surface area contributed by atoms with Crippen LogP contribution in [0.3, 0.4) is 0 Å². The van der Waals surface area contributed by atoms with E-state index in [1.165, 1.54) is 49.0 Å². The van der Waals surface area contributed by atoms with Crippen LogP contribution in [0.2, 0.25) is 5.02 Å². The third kappa shape index (κ3) is 3.30. The van der Waals surface area contributed by atoms with Crippen molar-refractivity contribution in [3.63, 3.8) is 0 Å². The van der Waals surface area contributed by atoms with Gasteiger partial charge in [0, 0.05) is 42.7 Å². The van der Waals surface area contributed by atoms with Gasteiger partial charge in [-0.25, -0.2) is 4.39 Å². The van der Waals surface area contributed by atoms with E-state index in [0.717, 1.165) is 24.5 Å². The lowest BCUT2D eigenvalue weighted by molar-refractivity contribution is 0.0265. The van der Waals surface area contributed by atoms with Gasteiger partial charge in [0.25, 0.3) is 0 Å².